The number of piperidine rings is 1. The molecule has 0 radical (unpaired) electrons. The van der Waals surface area contributed by atoms with Crippen LogP contribution >= 0.6 is 0 Å². The van der Waals surface area contributed by atoms with E-state index < -0.39 is 0 Å². The summed E-state index contributed by atoms with van der Waals surface area (Å²) in [6.07, 6.45) is 8.56. The summed E-state index contributed by atoms with van der Waals surface area (Å²) in [6, 6.07) is 14.8. The Morgan fingerprint density at radius 1 is 1.16 bits per heavy atom. The molecule has 2 aromatic rings. The molecule has 0 spiro atoms. The number of methoxy groups -OCH3 is 1. The second-order valence-electron chi connectivity index (χ2n) is 6.42. The number of nitrogens with zero attached hydrogens (tertiary/aromatic N) is 2. The maximum absolute atomic E-state index is 5.37. The van der Waals surface area contributed by atoms with Crippen LogP contribution in [-0.2, 0) is 6.54 Å². The van der Waals surface area contributed by atoms with Crippen molar-refractivity contribution in [3.8, 4) is 5.75 Å². The zero-order valence-corrected chi connectivity index (χ0v) is 14.9. The lowest BCUT2D eigenvalue weighted by Crippen LogP contribution is -2.42. The highest BCUT2D eigenvalue weighted by atomic mass is 16.5. The van der Waals surface area contributed by atoms with Gasteiger partial charge in [0.25, 0.3) is 0 Å². The molecule has 1 aromatic heterocycles. The molecule has 1 aromatic carbocycles. The Balaban J connectivity index is 1.38. The van der Waals surface area contributed by atoms with E-state index in [9.17, 15) is 0 Å². The molecule has 0 aliphatic carbocycles. The molecule has 1 aliphatic rings. The van der Waals surface area contributed by atoms with Gasteiger partial charge in [-0.05, 0) is 31.0 Å². The fraction of sp³-hybridized carbons (Fsp3) is 0.381. The third kappa shape index (κ3) is 5.41. The van der Waals surface area contributed by atoms with Crippen molar-refractivity contribution in [2.24, 2.45) is 0 Å². The molecule has 0 unspecified atom stereocenters. The first-order chi connectivity index (χ1) is 12.3. The lowest BCUT2D eigenvalue weighted by Gasteiger charge is -2.32. The Morgan fingerprint density at radius 3 is 2.72 bits per heavy atom. The van der Waals surface area contributed by atoms with Gasteiger partial charge in [-0.15, -0.1) is 0 Å². The maximum atomic E-state index is 5.37. The second kappa shape index (κ2) is 9.35. The van der Waals surface area contributed by atoms with E-state index in [0.29, 0.717) is 6.04 Å². The Morgan fingerprint density at radius 2 is 1.96 bits per heavy atom. The largest absolute Gasteiger partial charge is 0.496 e. The monoisotopic (exact) mass is 337 g/mol. The van der Waals surface area contributed by atoms with Gasteiger partial charge < -0.3 is 10.1 Å². The molecule has 132 valence electrons. The Hall–Kier alpha value is -2.17. The summed E-state index contributed by atoms with van der Waals surface area (Å²) in [6.45, 7) is 4.11. The smallest absolute Gasteiger partial charge is 0.126 e. The molecule has 1 aliphatic heterocycles. The number of pyridine rings is 1. The van der Waals surface area contributed by atoms with Gasteiger partial charge in [0.05, 0.1) is 12.8 Å². The first-order valence-corrected chi connectivity index (χ1v) is 9.00. The van der Waals surface area contributed by atoms with Crippen LogP contribution in [0, 0.1) is 0 Å². The molecule has 4 nitrogen and oxygen atoms in total. The van der Waals surface area contributed by atoms with Crippen molar-refractivity contribution in [1.82, 2.24) is 15.2 Å². The summed E-state index contributed by atoms with van der Waals surface area (Å²) in [4.78, 5) is 6.91. The Bertz CT molecular complexity index is 664. The Labute approximate surface area is 150 Å². The summed E-state index contributed by atoms with van der Waals surface area (Å²) >= 11 is 0. The first-order valence-electron chi connectivity index (χ1n) is 9.00. The number of nitrogens with one attached hydrogen (secondary N) is 1. The predicted octanol–water partition coefficient (Wildman–Crippen LogP) is 3.36. The van der Waals surface area contributed by atoms with E-state index >= 15 is 0 Å². The number of aromatic nitrogens is 1. The summed E-state index contributed by atoms with van der Waals surface area (Å²) in [5.41, 5.74) is 2.28. The molecule has 0 atom stereocenters. The summed E-state index contributed by atoms with van der Waals surface area (Å²) in [5, 5.41) is 3.64. The Kier molecular flexibility index (Phi) is 6.60. The van der Waals surface area contributed by atoms with Gasteiger partial charge in [-0.2, -0.15) is 0 Å². The zero-order chi connectivity index (χ0) is 17.3. The van der Waals surface area contributed by atoms with Crippen molar-refractivity contribution in [1.29, 1.82) is 0 Å². The van der Waals surface area contributed by atoms with Crippen LogP contribution < -0.4 is 10.1 Å². The van der Waals surface area contributed by atoms with Gasteiger partial charge >= 0.3 is 0 Å². The molecule has 4 heteroatoms. The molecule has 0 amide bonds. The van der Waals surface area contributed by atoms with E-state index in [-0.39, 0.29) is 0 Å². The molecule has 25 heavy (non-hydrogen) atoms. The first kappa shape index (κ1) is 17.6. The van der Waals surface area contributed by atoms with Gasteiger partial charge in [0.2, 0.25) is 0 Å². The van der Waals surface area contributed by atoms with Crippen molar-refractivity contribution in [2.75, 3.05) is 26.7 Å². The predicted molar refractivity (Wildman–Crippen MR) is 103 cm³/mol. The quantitative estimate of drug-likeness (QED) is 0.841. The van der Waals surface area contributed by atoms with Gasteiger partial charge in [-0.25, -0.2) is 0 Å². The maximum Gasteiger partial charge on any atom is 0.126 e. The molecule has 1 N–H and O–H groups in total. The van der Waals surface area contributed by atoms with Crippen LogP contribution in [0.5, 0.6) is 5.75 Å². The van der Waals surface area contributed by atoms with Crippen molar-refractivity contribution in [3.63, 3.8) is 0 Å². The molecular weight excluding hydrogens is 310 g/mol. The second-order valence-corrected chi connectivity index (χ2v) is 6.42. The van der Waals surface area contributed by atoms with Crippen molar-refractivity contribution < 1.29 is 4.74 Å². The number of hydrogen-bond acceptors (Lipinski definition) is 4. The highest BCUT2D eigenvalue weighted by Gasteiger charge is 2.18. The highest BCUT2D eigenvalue weighted by molar-refractivity contribution is 5.57. The van der Waals surface area contributed by atoms with E-state index in [2.05, 4.69) is 45.6 Å². The molecule has 0 saturated carbocycles. The lowest BCUT2D eigenvalue weighted by atomic mass is 10.0. The van der Waals surface area contributed by atoms with Crippen molar-refractivity contribution in [2.45, 2.75) is 25.4 Å². The van der Waals surface area contributed by atoms with Crippen molar-refractivity contribution in [3.05, 3.63) is 66.0 Å². The van der Waals surface area contributed by atoms with E-state index in [4.69, 9.17) is 4.74 Å². The van der Waals surface area contributed by atoms with E-state index in [1.54, 1.807) is 7.11 Å². The average molecular weight is 337 g/mol. The molecule has 2 heterocycles. The molecule has 0 bridgehead atoms. The number of para-hydroxylation sites is 1. The summed E-state index contributed by atoms with van der Waals surface area (Å²) < 4.78 is 5.37. The summed E-state index contributed by atoms with van der Waals surface area (Å²) in [7, 11) is 1.71. The van der Waals surface area contributed by atoms with Gasteiger partial charge in [0.1, 0.15) is 5.75 Å². The van der Waals surface area contributed by atoms with Gasteiger partial charge in [-0.1, -0.05) is 36.4 Å². The topological polar surface area (TPSA) is 37.4 Å². The minimum Gasteiger partial charge on any atom is -0.496 e. The van der Waals surface area contributed by atoms with E-state index in [1.807, 2.05) is 30.5 Å². The van der Waals surface area contributed by atoms with E-state index in [0.717, 1.165) is 43.2 Å². The number of likely N-dealkylation sites (tertiary alicyclic amines) is 1. The van der Waals surface area contributed by atoms with Crippen LogP contribution in [0.25, 0.3) is 6.08 Å². The average Bonchev–Trinajstić information content (AvgIpc) is 2.67. The minimum atomic E-state index is 0.599. The van der Waals surface area contributed by atoms with Crippen LogP contribution in [-0.4, -0.2) is 42.7 Å². The molecule has 3 rings (SSSR count). The number of ether oxygens (including phenoxy) is 1. The van der Waals surface area contributed by atoms with E-state index in [1.165, 1.54) is 12.8 Å². The number of benzene rings is 1. The molecular formula is C21H27N3O. The lowest BCUT2D eigenvalue weighted by molar-refractivity contribution is 0.191. The zero-order valence-electron chi connectivity index (χ0n) is 14.9. The third-order valence-corrected chi connectivity index (χ3v) is 4.66. The fourth-order valence-corrected chi connectivity index (χ4v) is 3.24. The van der Waals surface area contributed by atoms with Crippen LogP contribution in [0.4, 0.5) is 0 Å². The minimum absolute atomic E-state index is 0.599. The summed E-state index contributed by atoms with van der Waals surface area (Å²) in [5.74, 6) is 0.918. The SMILES string of the molecule is COc1ccccc1/C=C/CNC1CCN(Cc2ccccn2)CC1. The normalized spacial score (nSPS) is 16.4. The van der Waals surface area contributed by atoms with Gasteiger partial charge in [0.15, 0.2) is 0 Å². The van der Waals surface area contributed by atoms with Crippen LogP contribution in [0.15, 0.2) is 54.7 Å². The highest BCUT2D eigenvalue weighted by Crippen LogP contribution is 2.18. The van der Waals surface area contributed by atoms with Crippen molar-refractivity contribution >= 4 is 6.08 Å². The van der Waals surface area contributed by atoms with Crippen LogP contribution in [0.3, 0.4) is 0 Å². The molecule has 1 fully saturated rings. The van der Waals surface area contributed by atoms with Crippen LogP contribution in [0.1, 0.15) is 24.1 Å². The van der Waals surface area contributed by atoms with Gasteiger partial charge in [-0.3, -0.25) is 9.88 Å². The number of rotatable bonds is 7. The van der Waals surface area contributed by atoms with Crippen LogP contribution in [0.2, 0.25) is 0 Å². The molecule has 1 saturated heterocycles. The third-order valence-electron chi connectivity index (χ3n) is 4.66. The fourth-order valence-electron chi connectivity index (χ4n) is 3.24. The standard InChI is InChI=1S/C21H27N3O/c1-25-21-10-3-2-7-18(21)8-6-14-22-19-11-15-24(16-12-19)17-20-9-4-5-13-23-20/h2-10,13,19,22H,11-12,14-17H2,1H3/b8-6+. The van der Waals surface area contributed by atoms with Gasteiger partial charge in [0, 0.05) is 44.0 Å². The number of hydrogen-bond donors (Lipinski definition) is 1.